The molecule has 1 rings (SSSR count). The zero-order chi connectivity index (χ0) is 14.0. The first-order valence-corrected chi connectivity index (χ1v) is 8.68. The van der Waals surface area contributed by atoms with Gasteiger partial charge in [-0.25, -0.2) is 0 Å². The number of hydrogen-bond donors (Lipinski definition) is 1. The highest BCUT2D eigenvalue weighted by molar-refractivity contribution is 4.88. The fourth-order valence-corrected chi connectivity index (χ4v) is 3.31. The molecule has 1 aliphatic rings. The van der Waals surface area contributed by atoms with E-state index in [0.717, 1.165) is 0 Å². The Hall–Kier alpha value is -0.0800. The van der Waals surface area contributed by atoms with E-state index in [1.165, 1.54) is 84.0 Å². The number of nitrogens with one attached hydrogen (secondary N) is 1. The monoisotopic (exact) mass is 268 g/mol. The second-order valence-corrected chi connectivity index (χ2v) is 6.50. The normalized spacial score (nSPS) is 20.4. The van der Waals surface area contributed by atoms with Crippen LogP contribution in [0.2, 0.25) is 0 Å². The third-order valence-electron chi connectivity index (χ3n) is 4.77. The summed E-state index contributed by atoms with van der Waals surface area (Å²) in [5.41, 5.74) is 0.463. The average molecular weight is 268 g/mol. The number of rotatable bonds is 10. The van der Waals surface area contributed by atoms with Crippen LogP contribution in [0, 0.1) is 0 Å². The first-order chi connectivity index (χ1) is 9.23. The molecule has 1 atom stereocenters. The van der Waals surface area contributed by atoms with Crippen molar-refractivity contribution in [1.29, 1.82) is 0 Å². The lowest BCUT2D eigenvalue weighted by molar-refractivity contribution is 0.0677. The summed E-state index contributed by atoms with van der Waals surface area (Å²) in [7, 11) is 0. The van der Waals surface area contributed by atoms with E-state index in [0.29, 0.717) is 5.54 Å². The van der Waals surface area contributed by atoms with Crippen LogP contribution in [-0.4, -0.2) is 36.6 Å². The average Bonchev–Trinajstić information content (AvgIpc) is 2.46. The van der Waals surface area contributed by atoms with Crippen molar-refractivity contribution >= 4 is 0 Å². The number of hydrogen-bond acceptors (Lipinski definition) is 2. The van der Waals surface area contributed by atoms with Gasteiger partial charge in [-0.3, -0.25) is 4.90 Å². The van der Waals surface area contributed by atoms with Gasteiger partial charge in [0, 0.05) is 31.7 Å². The van der Waals surface area contributed by atoms with Gasteiger partial charge in [-0.1, -0.05) is 58.8 Å². The van der Waals surface area contributed by atoms with Gasteiger partial charge in [0.2, 0.25) is 0 Å². The minimum atomic E-state index is 0.463. The Morgan fingerprint density at radius 1 is 0.842 bits per heavy atom. The van der Waals surface area contributed by atoms with Crippen LogP contribution < -0.4 is 5.32 Å². The van der Waals surface area contributed by atoms with Crippen LogP contribution >= 0.6 is 0 Å². The molecular weight excluding hydrogens is 232 g/mol. The van der Waals surface area contributed by atoms with Crippen LogP contribution in [0.4, 0.5) is 0 Å². The smallest absolute Gasteiger partial charge is 0.0182 e. The van der Waals surface area contributed by atoms with Crippen molar-refractivity contribution in [2.45, 2.75) is 84.1 Å². The molecule has 1 saturated heterocycles. The molecule has 0 aromatic heterocycles. The van der Waals surface area contributed by atoms with Gasteiger partial charge in [0.15, 0.2) is 0 Å². The third-order valence-corrected chi connectivity index (χ3v) is 4.77. The summed E-state index contributed by atoms with van der Waals surface area (Å²) in [6.45, 7) is 12.0. The van der Waals surface area contributed by atoms with Gasteiger partial charge in [0.1, 0.15) is 0 Å². The van der Waals surface area contributed by atoms with Crippen molar-refractivity contribution in [3.05, 3.63) is 0 Å². The SMILES string of the molecule is CCCCCCCC(C)(CCCC)N1CCNCC1. The molecule has 1 fully saturated rings. The Labute approximate surface area is 121 Å². The van der Waals surface area contributed by atoms with Gasteiger partial charge >= 0.3 is 0 Å². The Bertz CT molecular complexity index is 211. The Kier molecular flexibility index (Phi) is 8.72. The summed E-state index contributed by atoms with van der Waals surface area (Å²) in [4.78, 5) is 2.76. The standard InChI is InChI=1S/C17H36N2/c1-4-6-8-9-10-12-17(3,11-7-5-2)19-15-13-18-14-16-19/h18H,4-16H2,1-3H3. The van der Waals surface area contributed by atoms with E-state index in [1.54, 1.807) is 0 Å². The molecule has 0 radical (unpaired) electrons. The molecule has 0 aromatic carbocycles. The molecule has 0 amide bonds. The summed E-state index contributed by atoms with van der Waals surface area (Å²) in [6.07, 6.45) is 12.6. The summed E-state index contributed by atoms with van der Waals surface area (Å²) >= 11 is 0. The summed E-state index contributed by atoms with van der Waals surface area (Å²) in [6, 6.07) is 0. The van der Waals surface area contributed by atoms with Crippen LogP contribution in [0.1, 0.15) is 78.6 Å². The summed E-state index contributed by atoms with van der Waals surface area (Å²) in [5.74, 6) is 0. The van der Waals surface area contributed by atoms with Crippen LogP contribution in [0.25, 0.3) is 0 Å². The first-order valence-electron chi connectivity index (χ1n) is 8.68. The van der Waals surface area contributed by atoms with Crippen molar-refractivity contribution < 1.29 is 0 Å². The van der Waals surface area contributed by atoms with Crippen molar-refractivity contribution in [2.75, 3.05) is 26.2 Å². The van der Waals surface area contributed by atoms with Crippen molar-refractivity contribution in [2.24, 2.45) is 0 Å². The van der Waals surface area contributed by atoms with E-state index in [4.69, 9.17) is 0 Å². The lowest BCUT2D eigenvalue weighted by Gasteiger charge is -2.44. The minimum absolute atomic E-state index is 0.463. The predicted molar refractivity (Wildman–Crippen MR) is 85.7 cm³/mol. The van der Waals surface area contributed by atoms with Gasteiger partial charge in [-0.05, 0) is 19.8 Å². The van der Waals surface area contributed by atoms with Crippen LogP contribution in [0.3, 0.4) is 0 Å². The number of unbranched alkanes of at least 4 members (excludes halogenated alkanes) is 5. The maximum Gasteiger partial charge on any atom is 0.0182 e. The maximum absolute atomic E-state index is 3.49. The molecule has 2 nitrogen and oxygen atoms in total. The van der Waals surface area contributed by atoms with E-state index in [9.17, 15) is 0 Å². The Balaban J connectivity index is 2.39. The number of nitrogens with zero attached hydrogens (tertiary/aromatic N) is 1. The van der Waals surface area contributed by atoms with Crippen molar-refractivity contribution in [3.63, 3.8) is 0 Å². The lowest BCUT2D eigenvalue weighted by atomic mass is 9.86. The fourth-order valence-electron chi connectivity index (χ4n) is 3.31. The van der Waals surface area contributed by atoms with Crippen LogP contribution in [0.5, 0.6) is 0 Å². The van der Waals surface area contributed by atoms with E-state index in [1.807, 2.05) is 0 Å². The molecule has 0 aromatic rings. The molecule has 1 heterocycles. The second-order valence-electron chi connectivity index (χ2n) is 6.50. The lowest BCUT2D eigenvalue weighted by Crippen LogP contribution is -2.54. The van der Waals surface area contributed by atoms with E-state index in [-0.39, 0.29) is 0 Å². The van der Waals surface area contributed by atoms with E-state index < -0.39 is 0 Å². The summed E-state index contributed by atoms with van der Waals surface area (Å²) in [5, 5.41) is 3.49. The van der Waals surface area contributed by atoms with E-state index >= 15 is 0 Å². The van der Waals surface area contributed by atoms with Gasteiger partial charge in [0.25, 0.3) is 0 Å². The molecule has 0 spiro atoms. The van der Waals surface area contributed by atoms with Crippen molar-refractivity contribution in [1.82, 2.24) is 10.2 Å². The molecule has 0 saturated carbocycles. The van der Waals surface area contributed by atoms with Crippen molar-refractivity contribution in [3.8, 4) is 0 Å². The highest BCUT2D eigenvalue weighted by Gasteiger charge is 2.31. The molecule has 0 bridgehead atoms. The van der Waals surface area contributed by atoms with Gasteiger partial charge < -0.3 is 5.32 Å². The fraction of sp³-hybridized carbons (Fsp3) is 1.00. The zero-order valence-corrected chi connectivity index (χ0v) is 13.6. The van der Waals surface area contributed by atoms with E-state index in [2.05, 4.69) is 31.0 Å². The van der Waals surface area contributed by atoms with Gasteiger partial charge in [-0.2, -0.15) is 0 Å². The molecule has 114 valence electrons. The molecule has 2 heteroatoms. The Morgan fingerprint density at radius 3 is 2.05 bits per heavy atom. The molecule has 1 unspecified atom stereocenters. The minimum Gasteiger partial charge on any atom is -0.314 e. The quantitative estimate of drug-likeness (QED) is 0.597. The molecule has 19 heavy (non-hydrogen) atoms. The van der Waals surface area contributed by atoms with Crippen LogP contribution in [-0.2, 0) is 0 Å². The highest BCUT2D eigenvalue weighted by atomic mass is 15.2. The zero-order valence-electron chi connectivity index (χ0n) is 13.6. The molecular formula is C17H36N2. The molecule has 1 N–H and O–H groups in total. The second kappa shape index (κ2) is 9.77. The summed E-state index contributed by atoms with van der Waals surface area (Å²) < 4.78 is 0. The number of piperazine rings is 1. The predicted octanol–water partition coefficient (Wildman–Crippen LogP) is 4.20. The molecule has 1 aliphatic heterocycles. The van der Waals surface area contributed by atoms with Crippen LogP contribution in [0.15, 0.2) is 0 Å². The topological polar surface area (TPSA) is 15.3 Å². The molecule has 0 aliphatic carbocycles. The van der Waals surface area contributed by atoms with Gasteiger partial charge in [-0.15, -0.1) is 0 Å². The third kappa shape index (κ3) is 6.27. The maximum atomic E-state index is 3.49. The first kappa shape index (κ1) is 17.0. The highest BCUT2D eigenvalue weighted by Crippen LogP contribution is 2.29. The largest absolute Gasteiger partial charge is 0.314 e. The van der Waals surface area contributed by atoms with Gasteiger partial charge in [0.05, 0.1) is 0 Å². The Morgan fingerprint density at radius 2 is 1.42 bits per heavy atom.